The second-order valence-electron chi connectivity index (χ2n) is 4.75. The number of methoxy groups -OCH3 is 2. The van der Waals surface area contributed by atoms with E-state index in [1.165, 1.54) is 5.56 Å². The molecule has 1 rings (SSSR count). The van der Waals surface area contributed by atoms with Crippen molar-refractivity contribution in [3.05, 3.63) is 29.8 Å². The van der Waals surface area contributed by atoms with Crippen molar-refractivity contribution < 1.29 is 19.3 Å². The highest BCUT2D eigenvalue weighted by Gasteiger charge is 2.09. The van der Waals surface area contributed by atoms with Crippen LogP contribution in [0.25, 0.3) is 0 Å². The van der Waals surface area contributed by atoms with Gasteiger partial charge in [0.15, 0.2) is 0 Å². The van der Waals surface area contributed by atoms with E-state index in [9.17, 15) is 5.11 Å². The molecule has 0 spiro atoms. The molecule has 0 radical (unpaired) electrons. The first kappa shape index (κ1) is 16.9. The van der Waals surface area contributed by atoms with Crippen molar-refractivity contribution in [1.82, 2.24) is 5.32 Å². The highest BCUT2D eigenvalue weighted by molar-refractivity contribution is 5.26. The zero-order chi connectivity index (χ0) is 14.8. The van der Waals surface area contributed by atoms with E-state index in [0.717, 1.165) is 5.75 Å². The van der Waals surface area contributed by atoms with Crippen molar-refractivity contribution in [2.45, 2.75) is 19.1 Å². The van der Waals surface area contributed by atoms with Gasteiger partial charge in [-0.2, -0.15) is 0 Å². The number of ether oxygens (including phenoxy) is 3. The van der Waals surface area contributed by atoms with Gasteiger partial charge in [0.05, 0.1) is 12.7 Å². The summed E-state index contributed by atoms with van der Waals surface area (Å²) in [5.74, 6) is 0.767. The molecule has 2 atom stereocenters. The molecular formula is C15H25NO4. The molecule has 0 saturated heterocycles. The first-order valence-electron chi connectivity index (χ1n) is 6.75. The van der Waals surface area contributed by atoms with Gasteiger partial charge in [-0.05, 0) is 19.1 Å². The molecule has 0 heterocycles. The van der Waals surface area contributed by atoms with Crippen LogP contribution in [0.15, 0.2) is 24.3 Å². The van der Waals surface area contributed by atoms with E-state index in [-0.39, 0.29) is 12.7 Å². The van der Waals surface area contributed by atoms with Gasteiger partial charge in [0, 0.05) is 27.3 Å². The van der Waals surface area contributed by atoms with Gasteiger partial charge in [0.1, 0.15) is 18.5 Å². The Morgan fingerprint density at radius 1 is 1.10 bits per heavy atom. The molecule has 0 bridgehead atoms. The fourth-order valence-corrected chi connectivity index (χ4v) is 1.69. The maximum atomic E-state index is 9.82. The van der Waals surface area contributed by atoms with Crippen molar-refractivity contribution in [3.8, 4) is 5.75 Å². The Bertz CT molecular complexity index is 355. The number of aliphatic hydroxyl groups is 1. The normalized spacial score (nSPS) is 14.0. The van der Waals surface area contributed by atoms with Gasteiger partial charge >= 0.3 is 0 Å². The minimum atomic E-state index is -0.559. The summed E-state index contributed by atoms with van der Waals surface area (Å²) in [5, 5.41) is 13.0. The highest BCUT2D eigenvalue weighted by atomic mass is 16.5. The highest BCUT2D eigenvalue weighted by Crippen LogP contribution is 2.11. The predicted octanol–water partition coefficient (Wildman–Crippen LogP) is 0.986. The van der Waals surface area contributed by atoms with Crippen molar-refractivity contribution >= 4 is 0 Å². The quantitative estimate of drug-likeness (QED) is 0.670. The van der Waals surface area contributed by atoms with Crippen LogP contribution in [0.2, 0.25) is 0 Å². The van der Waals surface area contributed by atoms with Gasteiger partial charge in [-0.1, -0.05) is 17.7 Å². The average molecular weight is 283 g/mol. The Kier molecular flexibility index (Phi) is 8.22. The molecule has 0 aromatic heterocycles. The first-order chi connectivity index (χ1) is 9.65. The standard InChI is InChI=1S/C15H25NO4/c1-12-4-6-14(7-5-12)20-10-13(17)8-16-9-15(19-3)11-18-2/h4-7,13,15-17H,8-11H2,1-3H3. The molecule has 0 saturated carbocycles. The molecule has 2 unspecified atom stereocenters. The molecule has 0 aliphatic carbocycles. The molecule has 1 aromatic rings. The number of rotatable bonds is 10. The Morgan fingerprint density at radius 2 is 1.80 bits per heavy atom. The summed E-state index contributed by atoms with van der Waals surface area (Å²) in [4.78, 5) is 0. The molecule has 5 heteroatoms. The minimum absolute atomic E-state index is 0.00906. The SMILES string of the molecule is COCC(CNCC(O)COc1ccc(C)cc1)OC. The zero-order valence-electron chi connectivity index (χ0n) is 12.5. The van der Waals surface area contributed by atoms with Crippen LogP contribution in [0, 0.1) is 6.92 Å². The van der Waals surface area contributed by atoms with Crippen molar-refractivity contribution in [3.63, 3.8) is 0 Å². The maximum Gasteiger partial charge on any atom is 0.119 e. The van der Waals surface area contributed by atoms with Crippen molar-refractivity contribution in [1.29, 1.82) is 0 Å². The molecule has 0 aliphatic heterocycles. The lowest BCUT2D eigenvalue weighted by atomic mass is 10.2. The van der Waals surface area contributed by atoms with Crippen LogP contribution < -0.4 is 10.1 Å². The number of aliphatic hydroxyl groups excluding tert-OH is 1. The van der Waals surface area contributed by atoms with E-state index >= 15 is 0 Å². The molecular weight excluding hydrogens is 258 g/mol. The summed E-state index contributed by atoms with van der Waals surface area (Å²) in [6, 6.07) is 7.76. The number of benzene rings is 1. The molecule has 20 heavy (non-hydrogen) atoms. The Morgan fingerprint density at radius 3 is 2.40 bits per heavy atom. The summed E-state index contributed by atoms with van der Waals surface area (Å²) in [6.07, 6.45) is -0.568. The van der Waals surface area contributed by atoms with E-state index in [4.69, 9.17) is 14.2 Å². The van der Waals surface area contributed by atoms with Crippen LogP contribution >= 0.6 is 0 Å². The molecule has 2 N–H and O–H groups in total. The van der Waals surface area contributed by atoms with Gasteiger partial charge in [0.25, 0.3) is 0 Å². The monoisotopic (exact) mass is 283 g/mol. The first-order valence-corrected chi connectivity index (χ1v) is 6.75. The maximum absolute atomic E-state index is 9.82. The van der Waals surface area contributed by atoms with E-state index in [0.29, 0.717) is 19.7 Å². The smallest absolute Gasteiger partial charge is 0.119 e. The largest absolute Gasteiger partial charge is 0.491 e. The van der Waals surface area contributed by atoms with Gasteiger partial charge in [0.2, 0.25) is 0 Å². The van der Waals surface area contributed by atoms with Crippen molar-refractivity contribution in [2.75, 3.05) is 40.5 Å². The van der Waals surface area contributed by atoms with E-state index in [1.807, 2.05) is 31.2 Å². The third-order valence-electron chi connectivity index (χ3n) is 2.90. The predicted molar refractivity (Wildman–Crippen MR) is 78.2 cm³/mol. The number of nitrogens with one attached hydrogen (secondary N) is 1. The van der Waals surface area contributed by atoms with Gasteiger partial charge < -0.3 is 24.6 Å². The summed E-state index contributed by atoms with van der Waals surface area (Å²) in [6.45, 7) is 3.90. The van der Waals surface area contributed by atoms with Crippen molar-refractivity contribution in [2.24, 2.45) is 0 Å². The molecule has 1 aromatic carbocycles. The Hall–Kier alpha value is -1.14. The van der Waals surface area contributed by atoms with Crippen LogP contribution in [0.1, 0.15) is 5.56 Å². The summed E-state index contributed by atoms with van der Waals surface area (Å²) >= 11 is 0. The second-order valence-corrected chi connectivity index (χ2v) is 4.75. The molecule has 0 fully saturated rings. The summed E-state index contributed by atoms with van der Waals surface area (Å²) in [7, 11) is 3.28. The number of aryl methyl sites for hydroxylation is 1. The second kappa shape index (κ2) is 9.72. The molecule has 5 nitrogen and oxygen atoms in total. The topological polar surface area (TPSA) is 60.0 Å². The average Bonchev–Trinajstić information content (AvgIpc) is 2.45. The van der Waals surface area contributed by atoms with E-state index in [2.05, 4.69) is 5.32 Å². The Labute approximate surface area is 120 Å². The van der Waals surface area contributed by atoms with Gasteiger partial charge in [-0.15, -0.1) is 0 Å². The molecule has 114 valence electrons. The van der Waals surface area contributed by atoms with Crippen LogP contribution in [0.5, 0.6) is 5.75 Å². The summed E-state index contributed by atoms with van der Waals surface area (Å²) in [5.41, 5.74) is 1.18. The summed E-state index contributed by atoms with van der Waals surface area (Å²) < 4.78 is 15.7. The third kappa shape index (κ3) is 6.86. The fourth-order valence-electron chi connectivity index (χ4n) is 1.69. The zero-order valence-corrected chi connectivity index (χ0v) is 12.5. The van der Waals surface area contributed by atoms with Crippen LogP contribution in [0.3, 0.4) is 0 Å². The van der Waals surface area contributed by atoms with Gasteiger partial charge in [-0.3, -0.25) is 0 Å². The molecule has 0 aliphatic rings. The van der Waals surface area contributed by atoms with E-state index in [1.54, 1.807) is 14.2 Å². The minimum Gasteiger partial charge on any atom is -0.491 e. The lowest BCUT2D eigenvalue weighted by molar-refractivity contribution is 0.0257. The lowest BCUT2D eigenvalue weighted by Gasteiger charge is -2.17. The van der Waals surface area contributed by atoms with Crippen LogP contribution in [-0.4, -0.2) is 57.8 Å². The van der Waals surface area contributed by atoms with Crippen LogP contribution in [-0.2, 0) is 9.47 Å². The number of hydrogen-bond donors (Lipinski definition) is 2. The fraction of sp³-hybridized carbons (Fsp3) is 0.600. The van der Waals surface area contributed by atoms with Crippen LogP contribution in [0.4, 0.5) is 0 Å². The number of hydrogen-bond acceptors (Lipinski definition) is 5. The van der Waals surface area contributed by atoms with E-state index < -0.39 is 6.10 Å². The van der Waals surface area contributed by atoms with Gasteiger partial charge in [-0.25, -0.2) is 0 Å². The Balaban J connectivity index is 2.16. The third-order valence-corrected chi connectivity index (χ3v) is 2.90. The molecule has 0 amide bonds. The lowest BCUT2D eigenvalue weighted by Crippen LogP contribution is -2.38.